The predicted molar refractivity (Wildman–Crippen MR) is 95.8 cm³/mol. The van der Waals surface area contributed by atoms with E-state index in [4.69, 9.17) is 0 Å². The van der Waals surface area contributed by atoms with Gasteiger partial charge < -0.3 is 4.74 Å². The molecule has 0 radical (unpaired) electrons. The summed E-state index contributed by atoms with van der Waals surface area (Å²) in [7, 11) is 1.70. The van der Waals surface area contributed by atoms with Crippen molar-refractivity contribution in [3.05, 3.63) is 66.2 Å². The van der Waals surface area contributed by atoms with E-state index in [0.29, 0.717) is 11.0 Å². The smallest absolute Gasteiger partial charge is 0.385 e. The fourth-order valence-electron chi connectivity index (χ4n) is 3.57. The number of carbonyl (C=O) groups is 1. The number of para-hydroxylation sites is 2. The summed E-state index contributed by atoms with van der Waals surface area (Å²) in [6.07, 6.45) is -3.68. The number of aryl methyl sites for hydroxylation is 1. The maximum Gasteiger partial charge on any atom is 0.385 e. The number of halogens is 6. The maximum atomic E-state index is 14.9. The summed E-state index contributed by atoms with van der Waals surface area (Å²) in [5.74, 6) is -17.1. The zero-order chi connectivity index (χ0) is 21.9. The molecule has 3 aromatic rings. The van der Waals surface area contributed by atoms with E-state index in [1.165, 1.54) is 12.1 Å². The van der Waals surface area contributed by atoms with Gasteiger partial charge in [0.25, 0.3) is 0 Å². The highest BCUT2D eigenvalue weighted by Crippen LogP contribution is 2.52. The lowest BCUT2D eigenvalue weighted by molar-refractivity contribution is -0.617. The van der Waals surface area contributed by atoms with Gasteiger partial charge >= 0.3 is 23.7 Å². The summed E-state index contributed by atoms with van der Waals surface area (Å²) in [5, 5.41) is 0.482. The Balaban J connectivity index is 1.91. The molecule has 3 nitrogen and oxygen atoms in total. The van der Waals surface area contributed by atoms with Gasteiger partial charge in [0.05, 0.1) is 16.3 Å². The second-order valence-corrected chi connectivity index (χ2v) is 6.96. The first-order valence-electron chi connectivity index (χ1n) is 8.82. The van der Waals surface area contributed by atoms with Crippen molar-refractivity contribution < 1.29 is 40.4 Å². The lowest BCUT2D eigenvalue weighted by Gasteiger charge is -2.39. The third kappa shape index (κ3) is 2.60. The minimum Gasteiger partial charge on any atom is -0.414 e. The van der Waals surface area contributed by atoms with Gasteiger partial charge in [-0.05, 0) is 24.3 Å². The second kappa shape index (κ2) is 6.45. The molecule has 9 heteroatoms. The molecule has 0 bridgehead atoms. The van der Waals surface area contributed by atoms with Crippen molar-refractivity contribution in [2.75, 3.05) is 0 Å². The van der Waals surface area contributed by atoms with Crippen LogP contribution >= 0.6 is 0 Å². The van der Waals surface area contributed by atoms with Crippen LogP contribution in [0.2, 0.25) is 0 Å². The van der Waals surface area contributed by atoms with Gasteiger partial charge in [-0.3, -0.25) is 0 Å². The topological polar surface area (TPSA) is 30.2 Å². The lowest BCUT2D eigenvalue weighted by atomic mass is 9.92. The Kier molecular flexibility index (Phi) is 4.34. The van der Waals surface area contributed by atoms with Gasteiger partial charge in [0.1, 0.15) is 7.05 Å². The maximum absolute atomic E-state index is 14.9. The predicted octanol–water partition coefficient (Wildman–Crippen LogP) is 4.82. The normalized spacial score (nSPS) is 24.8. The van der Waals surface area contributed by atoms with E-state index >= 15 is 0 Å². The Hall–Kier alpha value is -3.10. The standard InChI is InChI=1S/C21H14F6NO2/c1-28-14-8-4-2-6-12(14)17(13-7-3-5-9-15(13)28)18(29)30-19(23)11-10-16(22)20(24,25)21(19,26)27/h2-11,16H,1H3/q+1. The van der Waals surface area contributed by atoms with Crippen LogP contribution in [0.5, 0.6) is 0 Å². The van der Waals surface area contributed by atoms with Crippen molar-refractivity contribution in [1.29, 1.82) is 0 Å². The van der Waals surface area contributed by atoms with Gasteiger partial charge in [-0.2, -0.15) is 26.5 Å². The number of nitrogens with zero attached hydrogens (tertiary/aromatic N) is 1. The number of carbonyl (C=O) groups excluding carboxylic acids is 1. The van der Waals surface area contributed by atoms with Gasteiger partial charge in [-0.25, -0.2) is 9.18 Å². The van der Waals surface area contributed by atoms with Crippen LogP contribution in [0.25, 0.3) is 21.8 Å². The molecule has 0 amide bonds. The van der Waals surface area contributed by atoms with Crippen LogP contribution < -0.4 is 4.57 Å². The van der Waals surface area contributed by atoms with E-state index in [1.54, 1.807) is 48.0 Å². The number of hydrogen-bond acceptors (Lipinski definition) is 2. The van der Waals surface area contributed by atoms with Gasteiger partial charge in [-0.15, -0.1) is 0 Å². The number of alkyl halides is 6. The highest BCUT2D eigenvalue weighted by Gasteiger charge is 2.76. The summed E-state index contributed by atoms with van der Waals surface area (Å²) in [4.78, 5) is 12.9. The molecule has 0 saturated heterocycles. The van der Waals surface area contributed by atoms with Gasteiger partial charge in [0.15, 0.2) is 6.17 Å². The number of benzene rings is 2. The van der Waals surface area contributed by atoms with E-state index < -0.39 is 29.8 Å². The Morgan fingerprint density at radius 2 is 1.43 bits per heavy atom. The molecule has 4 rings (SSSR count). The van der Waals surface area contributed by atoms with Crippen LogP contribution in [0.15, 0.2) is 60.7 Å². The van der Waals surface area contributed by atoms with Gasteiger partial charge in [0.2, 0.25) is 11.0 Å². The first-order valence-corrected chi connectivity index (χ1v) is 8.82. The minimum absolute atomic E-state index is 0.0775. The number of allylic oxidation sites excluding steroid dienone is 1. The van der Waals surface area contributed by atoms with Crippen molar-refractivity contribution >= 4 is 27.8 Å². The minimum atomic E-state index is -5.62. The first-order chi connectivity index (χ1) is 14.0. The number of hydrogen-bond donors (Lipinski definition) is 0. The van der Waals surface area contributed by atoms with E-state index in [-0.39, 0.29) is 28.5 Å². The molecule has 1 heterocycles. The Bertz CT molecular complexity index is 1150. The SMILES string of the molecule is C[n+]1c2ccccc2c(C(=O)OC2(F)C=CC(F)C(F)(F)C2(F)F)c2ccccc21. The molecule has 2 aromatic carbocycles. The van der Waals surface area contributed by atoms with Crippen LogP contribution in [0, 0.1) is 0 Å². The molecule has 0 fully saturated rings. The van der Waals surface area contributed by atoms with Crippen LogP contribution in [0.1, 0.15) is 10.4 Å². The van der Waals surface area contributed by atoms with Crippen molar-refractivity contribution in [3.8, 4) is 0 Å². The molecule has 30 heavy (non-hydrogen) atoms. The number of fused-ring (bicyclic) bond motifs is 2. The van der Waals surface area contributed by atoms with Crippen molar-refractivity contribution in [1.82, 2.24) is 0 Å². The molecule has 1 aromatic heterocycles. The Morgan fingerprint density at radius 3 is 1.97 bits per heavy atom. The van der Waals surface area contributed by atoms with E-state index in [2.05, 4.69) is 4.74 Å². The second-order valence-electron chi connectivity index (χ2n) is 6.96. The average Bonchev–Trinajstić information content (AvgIpc) is 2.71. The molecule has 0 spiro atoms. The number of ether oxygens (including phenoxy) is 1. The summed E-state index contributed by atoms with van der Waals surface area (Å²) in [6, 6.07) is 12.7. The van der Waals surface area contributed by atoms with Crippen molar-refractivity contribution in [2.45, 2.75) is 23.9 Å². The van der Waals surface area contributed by atoms with E-state index in [0.717, 1.165) is 0 Å². The van der Waals surface area contributed by atoms with Crippen LogP contribution in [0.4, 0.5) is 26.3 Å². The first kappa shape index (κ1) is 20.2. The van der Waals surface area contributed by atoms with E-state index in [1.807, 2.05) is 0 Å². The number of pyridine rings is 1. The third-order valence-electron chi connectivity index (χ3n) is 5.19. The molecule has 0 saturated carbocycles. The molecular weight excluding hydrogens is 412 g/mol. The third-order valence-corrected chi connectivity index (χ3v) is 5.19. The zero-order valence-electron chi connectivity index (χ0n) is 15.4. The molecule has 2 atom stereocenters. The highest BCUT2D eigenvalue weighted by molar-refractivity contribution is 6.12. The molecule has 0 N–H and O–H groups in total. The van der Waals surface area contributed by atoms with Crippen LogP contribution in [-0.4, -0.2) is 29.8 Å². The van der Waals surface area contributed by atoms with Gasteiger partial charge in [0, 0.05) is 12.1 Å². The molecule has 2 unspecified atom stereocenters. The fourth-order valence-corrected chi connectivity index (χ4v) is 3.57. The molecule has 156 valence electrons. The quantitative estimate of drug-likeness (QED) is 0.193. The average molecular weight is 426 g/mol. The van der Waals surface area contributed by atoms with Crippen LogP contribution in [0.3, 0.4) is 0 Å². The van der Waals surface area contributed by atoms with Crippen molar-refractivity contribution in [3.63, 3.8) is 0 Å². The molecule has 0 aliphatic heterocycles. The number of aromatic nitrogens is 1. The van der Waals surface area contributed by atoms with Crippen LogP contribution in [-0.2, 0) is 11.8 Å². The molecule has 1 aliphatic carbocycles. The fraction of sp³-hybridized carbons (Fsp3) is 0.238. The zero-order valence-corrected chi connectivity index (χ0v) is 15.4. The number of esters is 1. The van der Waals surface area contributed by atoms with Gasteiger partial charge in [-0.1, -0.05) is 24.3 Å². The van der Waals surface area contributed by atoms with E-state index in [9.17, 15) is 31.1 Å². The summed E-state index contributed by atoms with van der Waals surface area (Å²) in [5.41, 5.74) is 0.721. The summed E-state index contributed by atoms with van der Waals surface area (Å²) < 4.78 is 89.9. The number of rotatable bonds is 2. The molecular formula is C21H14F6NO2+. The Morgan fingerprint density at radius 1 is 0.933 bits per heavy atom. The molecule has 1 aliphatic rings. The lowest BCUT2D eigenvalue weighted by Crippen LogP contribution is -2.63. The van der Waals surface area contributed by atoms with Crippen molar-refractivity contribution in [2.24, 2.45) is 7.05 Å². The Labute approximate surface area is 166 Å². The summed E-state index contributed by atoms with van der Waals surface area (Å²) >= 11 is 0. The highest BCUT2D eigenvalue weighted by atomic mass is 19.3. The largest absolute Gasteiger partial charge is 0.414 e. The summed E-state index contributed by atoms with van der Waals surface area (Å²) in [6.45, 7) is 0. The monoisotopic (exact) mass is 426 g/mol.